The van der Waals surface area contributed by atoms with E-state index in [4.69, 9.17) is 0 Å². The summed E-state index contributed by atoms with van der Waals surface area (Å²) >= 11 is 1.95. The standard InChI is InChI=1S/C8H7FINO2/c1-13-8(12)2-5-4-11-7(9)3-6(5)10/h3-4H,2H2,1H3. The van der Waals surface area contributed by atoms with Crippen LogP contribution in [0.1, 0.15) is 5.56 Å². The molecule has 0 bridgehead atoms. The molecule has 3 nitrogen and oxygen atoms in total. The Kier molecular flexibility index (Phi) is 3.58. The van der Waals surface area contributed by atoms with Crippen LogP contribution >= 0.6 is 22.6 Å². The zero-order chi connectivity index (χ0) is 9.84. The van der Waals surface area contributed by atoms with Gasteiger partial charge in [0.15, 0.2) is 0 Å². The molecule has 0 aliphatic carbocycles. The molecule has 1 aromatic heterocycles. The van der Waals surface area contributed by atoms with Gasteiger partial charge in [0.05, 0.1) is 13.5 Å². The van der Waals surface area contributed by atoms with E-state index in [0.29, 0.717) is 9.13 Å². The summed E-state index contributed by atoms with van der Waals surface area (Å²) in [6.45, 7) is 0. The van der Waals surface area contributed by atoms with Crippen molar-refractivity contribution in [2.24, 2.45) is 0 Å². The first-order chi connectivity index (χ1) is 6.13. The number of hydrogen-bond donors (Lipinski definition) is 0. The fraction of sp³-hybridized carbons (Fsp3) is 0.250. The zero-order valence-electron chi connectivity index (χ0n) is 6.88. The summed E-state index contributed by atoms with van der Waals surface area (Å²) in [5.74, 6) is -0.899. The summed E-state index contributed by atoms with van der Waals surface area (Å²) in [6.07, 6.45) is 1.47. The average molecular weight is 295 g/mol. The van der Waals surface area contributed by atoms with Crippen LogP contribution in [-0.2, 0) is 16.0 Å². The maximum absolute atomic E-state index is 12.5. The Hall–Kier alpha value is -0.720. The Bertz CT molecular complexity index is 330. The van der Waals surface area contributed by atoms with E-state index in [9.17, 15) is 9.18 Å². The van der Waals surface area contributed by atoms with Gasteiger partial charge in [-0.2, -0.15) is 4.39 Å². The molecular weight excluding hydrogens is 288 g/mol. The first kappa shape index (κ1) is 10.4. The highest BCUT2D eigenvalue weighted by Crippen LogP contribution is 2.12. The van der Waals surface area contributed by atoms with Gasteiger partial charge in [0.2, 0.25) is 5.95 Å². The molecule has 70 valence electrons. The second-order valence-corrected chi connectivity index (χ2v) is 3.51. The van der Waals surface area contributed by atoms with Gasteiger partial charge in [0, 0.05) is 15.8 Å². The van der Waals surface area contributed by atoms with Crippen LogP contribution in [-0.4, -0.2) is 18.1 Å². The molecule has 13 heavy (non-hydrogen) atoms. The fourth-order valence-electron chi connectivity index (χ4n) is 0.794. The van der Waals surface area contributed by atoms with E-state index in [1.807, 2.05) is 22.6 Å². The van der Waals surface area contributed by atoms with Gasteiger partial charge in [-0.1, -0.05) is 0 Å². The normalized spacial score (nSPS) is 9.77. The zero-order valence-corrected chi connectivity index (χ0v) is 9.04. The molecule has 0 aliphatic rings. The Balaban J connectivity index is 2.83. The summed E-state index contributed by atoms with van der Waals surface area (Å²) in [7, 11) is 1.31. The van der Waals surface area contributed by atoms with E-state index in [1.165, 1.54) is 19.4 Å². The number of hydrogen-bond acceptors (Lipinski definition) is 3. The van der Waals surface area contributed by atoms with E-state index in [-0.39, 0.29) is 12.4 Å². The van der Waals surface area contributed by atoms with Crippen LogP contribution in [0.25, 0.3) is 0 Å². The Morgan fingerprint density at radius 2 is 2.46 bits per heavy atom. The Labute approximate surface area is 88.4 Å². The highest BCUT2D eigenvalue weighted by molar-refractivity contribution is 14.1. The van der Waals surface area contributed by atoms with Gasteiger partial charge >= 0.3 is 5.97 Å². The summed E-state index contributed by atoms with van der Waals surface area (Å²) in [6, 6.07) is 1.28. The van der Waals surface area contributed by atoms with E-state index < -0.39 is 5.95 Å². The molecule has 5 heteroatoms. The molecule has 1 rings (SSSR count). The molecule has 1 aromatic rings. The first-order valence-corrected chi connectivity index (χ1v) is 4.58. The number of pyridine rings is 1. The van der Waals surface area contributed by atoms with Gasteiger partial charge in [-0.3, -0.25) is 4.79 Å². The molecule has 0 saturated carbocycles. The minimum Gasteiger partial charge on any atom is -0.469 e. The number of nitrogens with zero attached hydrogens (tertiary/aromatic N) is 1. The van der Waals surface area contributed by atoms with Crippen molar-refractivity contribution in [3.63, 3.8) is 0 Å². The number of esters is 1. The molecule has 0 radical (unpaired) electrons. The van der Waals surface area contributed by atoms with Crippen LogP contribution in [0.15, 0.2) is 12.3 Å². The Morgan fingerprint density at radius 1 is 1.77 bits per heavy atom. The van der Waals surface area contributed by atoms with E-state index in [1.54, 1.807) is 0 Å². The average Bonchev–Trinajstić information content (AvgIpc) is 2.09. The third-order valence-electron chi connectivity index (χ3n) is 1.46. The SMILES string of the molecule is COC(=O)Cc1cnc(F)cc1I. The van der Waals surface area contributed by atoms with Gasteiger partial charge < -0.3 is 4.74 Å². The predicted molar refractivity (Wildman–Crippen MR) is 52.6 cm³/mol. The lowest BCUT2D eigenvalue weighted by Gasteiger charge is -2.01. The van der Waals surface area contributed by atoms with Crippen molar-refractivity contribution >= 4 is 28.6 Å². The maximum atomic E-state index is 12.5. The van der Waals surface area contributed by atoms with Gasteiger partial charge in [0.1, 0.15) is 0 Å². The fourth-order valence-corrected chi connectivity index (χ4v) is 1.38. The van der Waals surface area contributed by atoms with Crippen molar-refractivity contribution in [1.29, 1.82) is 0 Å². The second kappa shape index (κ2) is 4.50. The lowest BCUT2D eigenvalue weighted by atomic mass is 10.2. The number of carbonyl (C=O) groups excluding carboxylic acids is 1. The summed E-state index contributed by atoms with van der Waals surface area (Å²) in [4.78, 5) is 14.3. The van der Waals surface area contributed by atoms with E-state index in [2.05, 4.69) is 9.72 Å². The largest absolute Gasteiger partial charge is 0.469 e. The van der Waals surface area contributed by atoms with Gasteiger partial charge in [-0.25, -0.2) is 4.98 Å². The van der Waals surface area contributed by atoms with Gasteiger partial charge in [-0.15, -0.1) is 0 Å². The number of ether oxygens (including phenoxy) is 1. The van der Waals surface area contributed by atoms with Crippen molar-refractivity contribution in [3.05, 3.63) is 27.3 Å². The number of aromatic nitrogens is 1. The molecule has 0 fully saturated rings. The first-order valence-electron chi connectivity index (χ1n) is 3.50. The monoisotopic (exact) mass is 295 g/mol. The molecule has 0 aromatic carbocycles. The molecule has 0 aliphatic heterocycles. The predicted octanol–water partition coefficient (Wildman–Crippen LogP) is 1.54. The molecule has 0 N–H and O–H groups in total. The summed E-state index contributed by atoms with van der Waals surface area (Å²) < 4.78 is 17.7. The molecule has 0 atom stereocenters. The number of rotatable bonds is 2. The summed E-state index contributed by atoms with van der Waals surface area (Å²) in [5.41, 5.74) is 0.675. The van der Waals surface area contributed by atoms with Crippen LogP contribution in [0.4, 0.5) is 4.39 Å². The van der Waals surface area contributed by atoms with Crippen LogP contribution in [0, 0.1) is 9.52 Å². The molecule has 0 unspecified atom stereocenters. The minimum absolute atomic E-state index is 0.127. The van der Waals surface area contributed by atoms with Crippen LogP contribution < -0.4 is 0 Å². The molecule has 1 heterocycles. The quantitative estimate of drug-likeness (QED) is 0.472. The third-order valence-corrected chi connectivity index (χ3v) is 2.46. The molecule has 0 amide bonds. The smallest absolute Gasteiger partial charge is 0.310 e. The van der Waals surface area contributed by atoms with E-state index in [0.717, 1.165) is 0 Å². The molecular formula is C8H7FINO2. The second-order valence-electron chi connectivity index (χ2n) is 2.35. The topological polar surface area (TPSA) is 39.2 Å². The van der Waals surface area contributed by atoms with Crippen molar-refractivity contribution < 1.29 is 13.9 Å². The van der Waals surface area contributed by atoms with E-state index >= 15 is 0 Å². The lowest BCUT2D eigenvalue weighted by Crippen LogP contribution is -2.06. The number of carbonyl (C=O) groups is 1. The van der Waals surface area contributed by atoms with Crippen molar-refractivity contribution in [2.45, 2.75) is 6.42 Å². The van der Waals surface area contributed by atoms with Crippen molar-refractivity contribution in [1.82, 2.24) is 4.98 Å². The third kappa shape index (κ3) is 2.91. The minimum atomic E-state index is -0.544. The van der Waals surface area contributed by atoms with Crippen molar-refractivity contribution in [3.8, 4) is 0 Å². The highest BCUT2D eigenvalue weighted by Gasteiger charge is 2.07. The van der Waals surface area contributed by atoms with Crippen LogP contribution in [0.5, 0.6) is 0 Å². The maximum Gasteiger partial charge on any atom is 0.310 e. The Morgan fingerprint density at radius 3 is 3.00 bits per heavy atom. The summed E-state index contributed by atoms with van der Waals surface area (Å²) in [5, 5.41) is 0. The van der Waals surface area contributed by atoms with Crippen molar-refractivity contribution in [2.75, 3.05) is 7.11 Å². The van der Waals surface area contributed by atoms with Crippen LogP contribution in [0.3, 0.4) is 0 Å². The number of halogens is 2. The lowest BCUT2D eigenvalue weighted by molar-refractivity contribution is -0.139. The molecule has 0 spiro atoms. The van der Waals surface area contributed by atoms with Gasteiger partial charge in [0.25, 0.3) is 0 Å². The van der Waals surface area contributed by atoms with Crippen LogP contribution in [0.2, 0.25) is 0 Å². The number of methoxy groups -OCH3 is 1. The van der Waals surface area contributed by atoms with Gasteiger partial charge in [-0.05, 0) is 28.2 Å². The highest BCUT2D eigenvalue weighted by atomic mass is 127. The molecule has 0 saturated heterocycles.